The van der Waals surface area contributed by atoms with Crippen molar-refractivity contribution in [3.8, 4) is 17.0 Å². The molecule has 24 heavy (non-hydrogen) atoms. The quantitative estimate of drug-likeness (QED) is 0.539. The summed E-state index contributed by atoms with van der Waals surface area (Å²) >= 11 is 5.30. The van der Waals surface area contributed by atoms with E-state index in [0.29, 0.717) is 5.01 Å². The maximum atomic E-state index is 10.7. The maximum absolute atomic E-state index is 10.7. The zero-order chi connectivity index (χ0) is 17.1. The monoisotopic (exact) mass is 357 g/mol. The van der Waals surface area contributed by atoms with E-state index in [0.717, 1.165) is 17.0 Å². The molecule has 0 fully saturated rings. The van der Waals surface area contributed by atoms with Crippen LogP contribution in [0, 0.1) is 10.4 Å². The van der Waals surface area contributed by atoms with Crippen LogP contribution in [-0.2, 0) is 4.79 Å². The molecule has 1 heterocycles. The second-order valence-corrected chi connectivity index (χ2v) is 6.50. The minimum atomic E-state index is -0.975. The second kappa shape index (κ2) is 7.07. The summed E-state index contributed by atoms with van der Waals surface area (Å²) in [7, 11) is 1.70. The Bertz CT molecular complexity index is 954. The lowest BCUT2D eigenvalue weighted by Crippen LogP contribution is -2.04. The first kappa shape index (κ1) is 16.5. The highest BCUT2D eigenvalue weighted by atomic mass is 32.1. The first-order valence-electron chi connectivity index (χ1n) is 7.20. The molecule has 0 saturated carbocycles. The number of benzene rings is 2. The van der Waals surface area contributed by atoms with E-state index < -0.39 is 11.2 Å². The van der Waals surface area contributed by atoms with E-state index >= 15 is 0 Å². The fourth-order valence-corrected chi connectivity index (χ4v) is 3.23. The normalized spacial score (nSPS) is 11.9. The van der Waals surface area contributed by atoms with Gasteiger partial charge in [-0.3, -0.25) is 4.79 Å². The zero-order valence-corrected chi connectivity index (χ0v) is 14.6. The third kappa shape index (κ3) is 3.29. The number of thiazole rings is 1. The number of nitrogens with zero attached hydrogens (tertiary/aromatic N) is 1. The Balaban J connectivity index is 0.000000175. The van der Waals surface area contributed by atoms with Crippen LogP contribution in [0.4, 0.5) is 0 Å². The number of hydrogen-bond acceptors (Lipinski definition) is 5. The lowest BCUT2D eigenvalue weighted by atomic mass is 10.1. The molecule has 0 radical (unpaired) electrons. The number of aromatic nitrogens is 1. The fourth-order valence-electron chi connectivity index (χ4n) is 2.18. The van der Waals surface area contributed by atoms with E-state index in [9.17, 15) is 4.79 Å². The van der Waals surface area contributed by atoms with Crippen molar-refractivity contribution in [3.63, 3.8) is 0 Å². The largest absolute Gasteiger partial charge is 0.496 e. The summed E-state index contributed by atoms with van der Waals surface area (Å²) in [5.74, 6) is 0.0554. The minimum Gasteiger partial charge on any atom is -0.496 e. The maximum Gasteiger partial charge on any atom is 0.323 e. The molecule has 1 unspecified atom stereocenters. The predicted molar refractivity (Wildman–Crippen MR) is 97.6 cm³/mol. The highest BCUT2D eigenvalue weighted by Gasteiger charge is 2.18. The summed E-state index contributed by atoms with van der Waals surface area (Å²) in [4.78, 5) is 15.0. The van der Waals surface area contributed by atoms with Gasteiger partial charge < -0.3 is 9.84 Å². The number of hydrogen-bond donors (Lipinski definition) is 2. The van der Waals surface area contributed by atoms with Crippen LogP contribution < -0.4 is 4.74 Å². The molecular formula is C18H15NO3S2. The molecule has 122 valence electrons. The van der Waals surface area contributed by atoms with Crippen LogP contribution in [0.2, 0.25) is 0 Å². The average Bonchev–Trinajstić information content (AvgIpc) is 3.07. The van der Waals surface area contributed by atoms with Crippen molar-refractivity contribution in [1.29, 1.82) is 0 Å². The molecule has 0 aliphatic heterocycles. The van der Waals surface area contributed by atoms with E-state index in [1.807, 2.05) is 41.8 Å². The number of carboxylic acids is 1. The van der Waals surface area contributed by atoms with Gasteiger partial charge in [-0.15, -0.1) is 11.3 Å². The van der Waals surface area contributed by atoms with Crippen LogP contribution >= 0.6 is 24.0 Å². The molecule has 1 aromatic carbocycles. The first-order chi connectivity index (χ1) is 11.6. The highest BCUT2D eigenvalue weighted by molar-refractivity contribution is 7.81. The molecule has 0 bridgehead atoms. The van der Waals surface area contributed by atoms with Crippen LogP contribution in [0.5, 0.6) is 5.75 Å². The van der Waals surface area contributed by atoms with Gasteiger partial charge in [0.05, 0.1) is 12.8 Å². The van der Waals surface area contributed by atoms with Crippen LogP contribution in [0.15, 0.2) is 53.9 Å². The van der Waals surface area contributed by atoms with Gasteiger partial charge in [0.15, 0.2) is 5.25 Å². The van der Waals surface area contributed by atoms with Crippen LogP contribution in [0.25, 0.3) is 11.3 Å². The Morgan fingerprint density at radius 1 is 1.25 bits per heavy atom. The van der Waals surface area contributed by atoms with Gasteiger partial charge in [-0.05, 0) is 11.3 Å². The third-order valence-electron chi connectivity index (χ3n) is 3.57. The van der Waals surface area contributed by atoms with Crippen LogP contribution in [0.3, 0.4) is 0 Å². The summed E-state index contributed by atoms with van der Waals surface area (Å²) in [5, 5.41) is 12.9. The molecule has 1 N–H and O–H groups in total. The number of carbonyl (C=O) groups is 1. The SMILES string of the molecule is COc1cc2ccc1=2.O=C(O)C(S)c1nc(-c2ccccc2)cs1. The minimum absolute atomic E-state index is 0.509. The summed E-state index contributed by atoms with van der Waals surface area (Å²) in [6.45, 7) is 0. The number of methoxy groups -OCH3 is 1. The van der Waals surface area contributed by atoms with Gasteiger partial charge >= 0.3 is 5.97 Å². The second-order valence-electron chi connectivity index (χ2n) is 5.09. The van der Waals surface area contributed by atoms with Crippen molar-refractivity contribution < 1.29 is 14.6 Å². The fraction of sp³-hybridized carbons (Fsp3) is 0.111. The Labute approximate surface area is 148 Å². The van der Waals surface area contributed by atoms with Crippen molar-refractivity contribution in [3.05, 3.63) is 69.4 Å². The van der Waals surface area contributed by atoms with Gasteiger partial charge in [-0.25, -0.2) is 4.98 Å². The molecule has 6 heteroatoms. The number of rotatable bonds is 4. The van der Waals surface area contributed by atoms with Crippen molar-refractivity contribution in [2.75, 3.05) is 7.11 Å². The highest BCUT2D eigenvalue weighted by Crippen LogP contribution is 2.28. The van der Waals surface area contributed by atoms with E-state index in [4.69, 9.17) is 9.84 Å². The van der Waals surface area contributed by atoms with E-state index in [-0.39, 0.29) is 0 Å². The van der Waals surface area contributed by atoms with Crippen molar-refractivity contribution >= 4 is 29.9 Å². The number of aliphatic carboxylic acids is 1. The number of ether oxygens (including phenoxy) is 1. The molecule has 4 nitrogen and oxygen atoms in total. The number of carboxylic acid groups (broad SMARTS) is 1. The van der Waals surface area contributed by atoms with Gasteiger partial charge in [0.25, 0.3) is 0 Å². The third-order valence-corrected chi connectivity index (χ3v) is 5.12. The molecule has 4 rings (SSSR count). The van der Waals surface area contributed by atoms with E-state index in [2.05, 4.69) is 29.7 Å². The molecule has 0 spiro atoms. The standard InChI is InChI=1S/C11H9NO2S2.C7H6O/c13-11(14)9(15)10-12-8(6-16-10)7-4-2-1-3-5-7;1-8-7-4-5-2-3-6(5)7/h1-6,9,15H,(H,13,14);2-4H,1H3. The van der Waals surface area contributed by atoms with Crippen molar-refractivity contribution in [2.45, 2.75) is 5.25 Å². The molecule has 0 saturated heterocycles. The molecular weight excluding hydrogens is 342 g/mol. The van der Waals surface area contributed by atoms with Crippen molar-refractivity contribution in [2.24, 2.45) is 0 Å². The molecule has 2 aliphatic carbocycles. The van der Waals surface area contributed by atoms with Gasteiger partial charge in [-0.2, -0.15) is 12.6 Å². The van der Waals surface area contributed by atoms with Crippen LogP contribution in [-0.4, -0.2) is 23.2 Å². The van der Waals surface area contributed by atoms with Gasteiger partial charge in [0.1, 0.15) is 10.8 Å². The number of thiol groups is 1. The lowest BCUT2D eigenvalue weighted by Gasteiger charge is -2.08. The average molecular weight is 357 g/mol. The van der Waals surface area contributed by atoms with Gasteiger partial charge in [-0.1, -0.05) is 42.5 Å². The van der Waals surface area contributed by atoms with Crippen molar-refractivity contribution in [1.82, 2.24) is 4.98 Å². The zero-order valence-electron chi connectivity index (χ0n) is 12.8. The Morgan fingerprint density at radius 2 is 2.00 bits per heavy atom. The smallest absolute Gasteiger partial charge is 0.323 e. The Kier molecular flexibility index (Phi) is 4.87. The Morgan fingerprint density at radius 3 is 2.46 bits per heavy atom. The topological polar surface area (TPSA) is 59.4 Å². The molecule has 2 aliphatic rings. The molecule has 1 aromatic heterocycles. The van der Waals surface area contributed by atoms with Gasteiger partial charge in [0.2, 0.25) is 0 Å². The van der Waals surface area contributed by atoms with Crippen LogP contribution in [0.1, 0.15) is 10.3 Å². The Hall–Kier alpha value is -2.31. The summed E-state index contributed by atoms with van der Waals surface area (Å²) in [6.07, 6.45) is 0. The molecule has 2 aromatic rings. The molecule has 0 amide bonds. The molecule has 1 atom stereocenters. The van der Waals surface area contributed by atoms with E-state index in [1.165, 1.54) is 21.8 Å². The predicted octanol–water partition coefficient (Wildman–Crippen LogP) is 4.16. The first-order valence-corrected chi connectivity index (χ1v) is 8.60. The summed E-state index contributed by atoms with van der Waals surface area (Å²) in [6, 6.07) is 15.8. The van der Waals surface area contributed by atoms with E-state index in [1.54, 1.807) is 7.11 Å². The van der Waals surface area contributed by atoms with Gasteiger partial charge in [0, 0.05) is 16.2 Å². The summed E-state index contributed by atoms with van der Waals surface area (Å²) in [5.41, 5.74) is 1.77. The summed E-state index contributed by atoms with van der Waals surface area (Å²) < 4.78 is 4.97. The lowest BCUT2D eigenvalue weighted by molar-refractivity contribution is -0.136.